The van der Waals surface area contributed by atoms with E-state index in [4.69, 9.17) is 15.5 Å². The number of imide groups is 2. The topological polar surface area (TPSA) is 152 Å². The summed E-state index contributed by atoms with van der Waals surface area (Å²) in [4.78, 5) is 70.3. The molecule has 49 heavy (non-hydrogen) atoms. The number of carbonyl (C=O) groups excluding carboxylic acids is 5. The van der Waals surface area contributed by atoms with E-state index in [1.54, 1.807) is 6.07 Å². The number of nitrogens with two attached hydrogens (primary N) is 1. The van der Waals surface area contributed by atoms with E-state index >= 15 is 4.39 Å². The minimum atomic E-state index is -1.16. The van der Waals surface area contributed by atoms with Crippen LogP contribution in [0.3, 0.4) is 0 Å². The third kappa shape index (κ3) is 6.30. The molecule has 5 amide bonds. The van der Waals surface area contributed by atoms with E-state index in [0.29, 0.717) is 48.0 Å². The Bertz CT molecular complexity index is 1990. The Morgan fingerprint density at radius 2 is 1.61 bits per heavy atom. The molecule has 3 N–H and O–H groups in total. The highest BCUT2D eigenvalue weighted by atomic mass is 19.1. The number of ether oxygens (including phenoxy) is 1. The molecular formula is C37H32FN5O6. The fourth-order valence-corrected chi connectivity index (χ4v) is 6.77. The third-order valence-electron chi connectivity index (χ3n) is 9.25. The minimum Gasteiger partial charge on any atom is -0.457 e. The van der Waals surface area contributed by atoms with Crippen molar-refractivity contribution in [1.29, 1.82) is 0 Å². The summed E-state index contributed by atoms with van der Waals surface area (Å²) in [5, 5.41) is 2.14. The van der Waals surface area contributed by atoms with Gasteiger partial charge < -0.3 is 10.5 Å². The monoisotopic (exact) mass is 661 g/mol. The fourth-order valence-electron chi connectivity index (χ4n) is 6.77. The third-order valence-corrected chi connectivity index (χ3v) is 9.25. The number of aromatic nitrogens is 1. The average molecular weight is 662 g/mol. The zero-order valence-electron chi connectivity index (χ0n) is 26.4. The van der Waals surface area contributed by atoms with Gasteiger partial charge in [-0.25, -0.2) is 4.39 Å². The first-order valence-electron chi connectivity index (χ1n) is 16.1. The summed E-state index contributed by atoms with van der Waals surface area (Å²) in [6.07, 6.45) is 1.48. The number of piperidine rings is 2. The Kier molecular flexibility index (Phi) is 8.47. The van der Waals surface area contributed by atoms with Gasteiger partial charge in [0.15, 0.2) is 0 Å². The molecule has 11 nitrogen and oxygen atoms in total. The quantitative estimate of drug-likeness (QED) is 0.261. The minimum absolute atomic E-state index is 0.00282. The second kappa shape index (κ2) is 13.0. The molecule has 7 rings (SSSR count). The van der Waals surface area contributed by atoms with Crippen LogP contribution in [0.25, 0.3) is 11.3 Å². The van der Waals surface area contributed by atoms with Crippen LogP contribution in [0.4, 0.5) is 4.39 Å². The van der Waals surface area contributed by atoms with E-state index in [1.165, 1.54) is 12.1 Å². The molecule has 2 fully saturated rings. The molecule has 0 bridgehead atoms. The van der Waals surface area contributed by atoms with Gasteiger partial charge in [0.05, 0.1) is 22.4 Å². The molecule has 3 aliphatic heterocycles. The highest BCUT2D eigenvalue weighted by Crippen LogP contribution is 2.34. The summed E-state index contributed by atoms with van der Waals surface area (Å²) >= 11 is 0. The number of benzene rings is 3. The smallest absolute Gasteiger partial charge is 0.265 e. The lowest BCUT2D eigenvalue weighted by Crippen LogP contribution is -2.54. The number of nitrogens with zero attached hydrogens (tertiary/aromatic N) is 3. The molecule has 12 heteroatoms. The van der Waals surface area contributed by atoms with Crippen LogP contribution in [0.15, 0.2) is 78.9 Å². The van der Waals surface area contributed by atoms with Crippen LogP contribution in [0.5, 0.6) is 11.5 Å². The lowest BCUT2D eigenvalue weighted by molar-refractivity contribution is -0.136. The Morgan fingerprint density at radius 3 is 2.31 bits per heavy atom. The Balaban J connectivity index is 1.03. The Hall–Kier alpha value is -5.75. The van der Waals surface area contributed by atoms with Crippen LogP contribution >= 0.6 is 0 Å². The Morgan fingerprint density at radius 1 is 0.898 bits per heavy atom. The van der Waals surface area contributed by atoms with E-state index in [1.807, 2.05) is 60.7 Å². The number of primary amides is 1. The van der Waals surface area contributed by atoms with Crippen LogP contribution in [0.1, 0.15) is 73.9 Å². The number of hydrogen-bond acceptors (Lipinski definition) is 8. The van der Waals surface area contributed by atoms with E-state index < -0.39 is 41.4 Å². The van der Waals surface area contributed by atoms with E-state index in [-0.39, 0.29) is 29.9 Å². The second-order valence-corrected chi connectivity index (χ2v) is 12.4. The standard InChI is InChI=1S/C37H32FN5O6/c38-28-19-21(18-27-32(28)37(48)43(36(27)47)30-12-13-31(44)41-35(30)46)20-42-16-14-22(15-17-42)29-11-10-26(34(39)45)33(40-29)23-6-8-25(9-7-23)49-24-4-2-1-3-5-24/h1-11,18-19,22,30H,12-17,20H2,(H2,39,45)(H,41,44,46). The highest BCUT2D eigenvalue weighted by Gasteiger charge is 2.46. The van der Waals surface area contributed by atoms with E-state index in [2.05, 4.69) is 10.2 Å². The van der Waals surface area contributed by atoms with Crippen LogP contribution in [0, 0.1) is 5.82 Å². The number of pyridine rings is 1. The average Bonchev–Trinajstić information content (AvgIpc) is 3.34. The zero-order valence-corrected chi connectivity index (χ0v) is 26.4. The maximum atomic E-state index is 15.3. The van der Waals surface area contributed by atoms with Gasteiger partial charge in [0.25, 0.3) is 17.7 Å². The summed E-state index contributed by atoms with van der Waals surface area (Å²) in [6, 6.07) is 21.9. The largest absolute Gasteiger partial charge is 0.457 e. The fraction of sp³-hybridized carbons (Fsp3) is 0.243. The van der Waals surface area contributed by atoms with Gasteiger partial charge in [-0.05, 0) is 98.6 Å². The van der Waals surface area contributed by atoms with Gasteiger partial charge in [0, 0.05) is 30.1 Å². The summed E-state index contributed by atoms with van der Waals surface area (Å²) in [7, 11) is 0. The Labute approximate surface area is 280 Å². The number of likely N-dealkylation sites (tertiary alicyclic amines) is 1. The first-order chi connectivity index (χ1) is 23.7. The SMILES string of the molecule is NC(=O)c1ccc(C2CCN(Cc3cc(F)c4c(c3)C(=O)N(C3CCC(=O)NC3=O)C4=O)CC2)nc1-c1ccc(Oc2ccccc2)cc1. The summed E-state index contributed by atoms with van der Waals surface area (Å²) in [5.74, 6) is -2.77. The molecule has 0 radical (unpaired) electrons. The molecule has 248 valence electrons. The summed E-state index contributed by atoms with van der Waals surface area (Å²) in [6.45, 7) is 1.69. The molecule has 0 saturated carbocycles. The molecule has 1 atom stereocenters. The number of fused-ring (bicyclic) bond motifs is 1. The number of rotatable bonds is 8. The van der Waals surface area contributed by atoms with Crippen LogP contribution < -0.4 is 15.8 Å². The van der Waals surface area contributed by atoms with E-state index in [0.717, 1.165) is 29.0 Å². The van der Waals surface area contributed by atoms with Crippen molar-refractivity contribution in [2.45, 2.75) is 44.2 Å². The summed E-state index contributed by atoms with van der Waals surface area (Å²) in [5.41, 5.74) is 8.21. The predicted octanol–water partition coefficient (Wildman–Crippen LogP) is 4.56. The van der Waals surface area contributed by atoms with Crippen molar-refractivity contribution in [3.05, 3.63) is 113 Å². The van der Waals surface area contributed by atoms with Crippen molar-refractivity contribution in [3.8, 4) is 22.8 Å². The van der Waals surface area contributed by atoms with Gasteiger partial charge >= 0.3 is 0 Å². The van der Waals surface area contributed by atoms with Gasteiger partial charge in [-0.1, -0.05) is 18.2 Å². The molecule has 4 heterocycles. The van der Waals surface area contributed by atoms with Crippen molar-refractivity contribution in [1.82, 2.24) is 20.1 Å². The van der Waals surface area contributed by atoms with Gasteiger partial charge in [0.1, 0.15) is 23.4 Å². The van der Waals surface area contributed by atoms with Crippen LogP contribution in [0.2, 0.25) is 0 Å². The lowest BCUT2D eigenvalue weighted by atomic mass is 9.91. The molecule has 0 spiro atoms. The van der Waals surface area contributed by atoms with Crippen LogP contribution in [-0.4, -0.2) is 63.5 Å². The molecule has 2 saturated heterocycles. The van der Waals surface area contributed by atoms with E-state index in [9.17, 15) is 24.0 Å². The summed E-state index contributed by atoms with van der Waals surface area (Å²) < 4.78 is 21.2. The number of para-hydroxylation sites is 1. The van der Waals surface area contributed by atoms with Crippen LogP contribution in [-0.2, 0) is 16.1 Å². The maximum absolute atomic E-state index is 15.3. The normalized spacial score (nSPS) is 18.4. The maximum Gasteiger partial charge on any atom is 0.265 e. The lowest BCUT2D eigenvalue weighted by Gasteiger charge is -2.32. The van der Waals surface area contributed by atoms with Gasteiger partial charge in [0.2, 0.25) is 11.8 Å². The van der Waals surface area contributed by atoms with Gasteiger partial charge in [-0.3, -0.25) is 44.1 Å². The van der Waals surface area contributed by atoms with Crippen molar-refractivity contribution in [3.63, 3.8) is 0 Å². The van der Waals surface area contributed by atoms with Gasteiger partial charge in [-0.15, -0.1) is 0 Å². The number of nitrogens with one attached hydrogen (secondary N) is 1. The number of amides is 5. The van der Waals surface area contributed by atoms with Crippen molar-refractivity contribution in [2.24, 2.45) is 5.73 Å². The molecule has 1 unspecified atom stereocenters. The molecule has 3 aliphatic rings. The first-order valence-corrected chi connectivity index (χ1v) is 16.1. The zero-order chi connectivity index (χ0) is 34.2. The van der Waals surface area contributed by atoms with Gasteiger partial charge in [-0.2, -0.15) is 0 Å². The van der Waals surface area contributed by atoms with Crippen molar-refractivity contribution < 1.29 is 33.1 Å². The molecular weight excluding hydrogens is 629 g/mol. The number of halogens is 1. The van der Waals surface area contributed by atoms with Crippen molar-refractivity contribution >= 4 is 29.5 Å². The highest BCUT2D eigenvalue weighted by molar-refractivity contribution is 6.23. The number of hydrogen-bond donors (Lipinski definition) is 2. The predicted molar refractivity (Wildman–Crippen MR) is 175 cm³/mol. The molecule has 3 aromatic carbocycles. The number of carbonyl (C=O) groups is 5. The molecule has 0 aliphatic carbocycles. The molecule has 1 aromatic heterocycles. The second-order valence-electron chi connectivity index (χ2n) is 12.4. The first kappa shape index (κ1) is 31.8. The molecule has 4 aromatic rings. The van der Waals surface area contributed by atoms with Crippen molar-refractivity contribution in [2.75, 3.05) is 13.1 Å².